The first-order valence-electron chi connectivity index (χ1n) is 4.76. The summed E-state index contributed by atoms with van der Waals surface area (Å²) < 4.78 is 0. The fourth-order valence-corrected chi connectivity index (χ4v) is 1.40. The van der Waals surface area contributed by atoms with Gasteiger partial charge in [-0.05, 0) is 19.2 Å². The van der Waals surface area contributed by atoms with Gasteiger partial charge in [-0.25, -0.2) is 0 Å². The predicted octanol–water partition coefficient (Wildman–Crippen LogP) is 1.39. The molecule has 0 radical (unpaired) electrons. The Morgan fingerprint density at radius 3 is 2.93 bits per heavy atom. The van der Waals surface area contributed by atoms with Gasteiger partial charge in [0.2, 0.25) is 0 Å². The van der Waals surface area contributed by atoms with Crippen LogP contribution < -0.4 is 5.32 Å². The van der Waals surface area contributed by atoms with Gasteiger partial charge in [0.1, 0.15) is 0 Å². The number of nitrogens with one attached hydrogen (secondary N) is 1. The van der Waals surface area contributed by atoms with E-state index in [1.807, 2.05) is 25.2 Å². The molecule has 0 fully saturated rings. The van der Waals surface area contributed by atoms with Crippen molar-refractivity contribution in [3.63, 3.8) is 0 Å². The van der Waals surface area contributed by atoms with Crippen LogP contribution in [0.25, 0.3) is 10.9 Å². The lowest BCUT2D eigenvalue weighted by Gasteiger charge is -2.00. The summed E-state index contributed by atoms with van der Waals surface area (Å²) >= 11 is 0. The van der Waals surface area contributed by atoms with Gasteiger partial charge in [-0.3, -0.25) is 0 Å². The molecule has 0 aliphatic rings. The monoisotopic (exact) mass is 187 g/mol. The third-order valence-corrected chi connectivity index (χ3v) is 2.18. The van der Waals surface area contributed by atoms with Crippen molar-refractivity contribution in [3.05, 3.63) is 36.0 Å². The third kappa shape index (κ3) is 1.88. The molecule has 0 saturated carbocycles. The minimum Gasteiger partial charge on any atom is -0.319 e. The Morgan fingerprint density at radius 1 is 1.21 bits per heavy atom. The van der Waals surface area contributed by atoms with E-state index in [1.54, 1.807) is 0 Å². The van der Waals surface area contributed by atoms with Crippen LogP contribution in [0.5, 0.6) is 0 Å². The SMILES string of the molecule is CNCCc1cc2ccccc2nn1. The van der Waals surface area contributed by atoms with Gasteiger partial charge in [-0.15, -0.1) is 0 Å². The molecule has 2 rings (SSSR count). The van der Waals surface area contributed by atoms with E-state index in [4.69, 9.17) is 0 Å². The van der Waals surface area contributed by atoms with E-state index in [9.17, 15) is 0 Å². The lowest BCUT2D eigenvalue weighted by atomic mass is 10.2. The topological polar surface area (TPSA) is 37.8 Å². The summed E-state index contributed by atoms with van der Waals surface area (Å²) in [5.41, 5.74) is 2.00. The largest absolute Gasteiger partial charge is 0.319 e. The molecule has 1 aromatic heterocycles. The molecule has 2 aromatic rings. The fraction of sp³-hybridized carbons (Fsp3) is 0.273. The number of fused-ring (bicyclic) bond motifs is 1. The molecule has 3 heteroatoms. The summed E-state index contributed by atoms with van der Waals surface area (Å²) in [6.45, 7) is 0.938. The van der Waals surface area contributed by atoms with E-state index < -0.39 is 0 Å². The molecule has 3 nitrogen and oxygen atoms in total. The van der Waals surface area contributed by atoms with E-state index in [2.05, 4.69) is 27.6 Å². The van der Waals surface area contributed by atoms with Crippen molar-refractivity contribution in [2.24, 2.45) is 0 Å². The maximum atomic E-state index is 4.16. The van der Waals surface area contributed by atoms with Crippen LogP contribution in [0.1, 0.15) is 5.69 Å². The highest BCUT2D eigenvalue weighted by molar-refractivity contribution is 5.77. The van der Waals surface area contributed by atoms with Gasteiger partial charge in [-0.2, -0.15) is 10.2 Å². The van der Waals surface area contributed by atoms with Gasteiger partial charge < -0.3 is 5.32 Å². The summed E-state index contributed by atoms with van der Waals surface area (Å²) in [4.78, 5) is 0. The minimum atomic E-state index is 0.925. The van der Waals surface area contributed by atoms with Crippen LogP contribution in [-0.4, -0.2) is 23.8 Å². The molecule has 0 bridgehead atoms. The Kier molecular flexibility index (Phi) is 2.70. The predicted molar refractivity (Wildman–Crippen MR) is 57.2 cm³/mol. The average Bonchev–Trinajstić information content (AvgIpc) is 2.26. The summed E-state index contributed by atoms with van der Waals surface area (Å²) in [6, 6.07) is 10.1. The third-order valence-electron chi connectivity index (χ3n) is 2.18. The number of hydrogen-bond donors (Lipinski definition) is 1. The summed E-state index contributed by atoms with van der Waals surface area (Å²) in [5.74, 6) is 0. The highest BCUT2D eigenvalue weighted by atomic mass is 15.1. The van der Waals surface area contributed by atoms with Gasteiger partial charge in [0.25, 0.3) is 0 Å². The quantitative estimate of drug-likeness (QED) is 0.789. The van der Waals surface area contributed by atoms with E-state index in [0.717, 1.165) is 29.6 Å². The van der Waals surface area contributed by atoms with Crippen LogP contribution in [0, 0.1) is 0 Å². The van der Waals surface area contributed by atoms with E-state index in [1.165, 1.54) is 0 Å². The number of rotatable bonds is 3. The lowest BCUT2D eigenvalue weighted by Crippen LogP contribution is -2.11. The Morgan fingerprint density at radius 2 is 2.07 bits per heavy atom. The Labute approximate surface area is 83.2 Å². The number of nitrogens with zero attached hydrogens (tertiary/aromatic N) is 2. The van der Waals surface area contributed by atoms with Crippen LogP contribution in [0.4, 0.5) is 0 Å². The van der Waals surface area contributed by atoms with Crippen LogP contribution in [-0.2, 0) is 6.42 Å². The minimum absolute atomic E-state index is 0.925. The normalized spacial score (nSPS) is 10.6. The lowest BCUT2D eigenvalue weighted by molar-refractivity contribution is 0.766. The fourth-order valence-electron chi connectivity index (χ4n) is 1.40. The smallest absolute Gasteiger partial charge is 0.0929 e. The molecule has 1 aromatic carbocycles. The maximum Gasteiger partial charge on any atom is 0.0929 e. The number of likely N-dealkylation sites (N-methyl/N-ethyl adjacent to an activating group) is 1. The molecule has 14 heavy (non-hydrogen) atoms. The Hall–Kier alpha value is -1.48. The van der Waals surface area contributed by atoms with Crippen molar-refractivity contribution in [2.45, 2.75) is 6.42 Å². The zero-order valence-electron chi connectivity index (χ0n) is 8.20. The Balaban J connectivity index is 2.32. The zero-order valence-corrected chi connectivity index (χ0v) is 8.20. The van der Waals surface area contributed by atoms with E-state index in [-0.39, 0.29) is 0 Å². The van der Waals surface area contributed by atoms with Crippen LogP contribution in [0.2, 0.25) is 0 Å². The number of aromatic nitrogens is 2. The van der Waals surface area contributed by atoms with Crippen molar-refractivity contribution < 1.29 is 0 Å². The van der Waals surface area contributed by atoms with Crippen molar-refractivity contribution in [1.29, 1.82) is 0 Å². The summed E-state index contributed by atoms with van der Waals surface area (Å²) in [7, 11) is 1.94. The number of benzene rings is 1. The highest BCUT2D eigenvalue weighted by Crippen LogP contribution is 2.10. The van der Waals surface area contributed by atoms with Crippen LogP contribution >= 0.6 is 0 Å². The maximum absolute atomic E-state index is 4.16. The van der Waals surface area contributed by atoms with Gasteiger partial charge in [0, 0.05) is 18.4 Å². The first-order chi connectivity index (χ1) is 6.90. The molecule has 72 valence electrons. The van der Waals surface area contributed by atoms with Crippen LogP contribution in [0.3, 0.4) is 0 Å². The molecular weight excluding hydrogens is 174 g/mol. The molecule has 0 amide bonds. The summed E-state index contributed by atoms with van der Waals surface area (Å²) in [5, 5.41) is 12.6. The van der Waals surface area contributed by atoms with Crippen LogP contribution in [0.15, 0.2) is 30.3 Å². The van der Waals surface area contributed by atoms with Crippen molar-refractivity contribution in [1.82, 2.24) is 15.5 Å². The summed E-state index contributed by atoms with van der Waals surface area (Å²) in [6.07, 6.45) is 0.925. The van der Waals surface area contributed by atoms with Gasteiger partial charge in [-0.1, -0.05) is 18.2 Å². The average molecular weight is 187 g/mol. The van der Waals surface area contributed by atoms with Gasteiger partial charge in [0.15, 0.2) is 0 Å². The second-order valence-corrected chi connectivity index (χ2v) is 3.25. The van der Waals surface area contributed by atoms with Crippen molar-refractivity contribution >= 4 is 10.9 Å². The van der Waals surface area contributed by atoms with E-state index in [0.29, 0.717) is 0 Å². The van der Waals surface area contributed by atoms with Crippen molar-refractivity contribution in [2.75, 3.05) is 13.6 Å². The second-order valence-electron chi connectivity index (χ2n) is 3.25. The highest BCUT2D eigenvalue weighted by Gasteiger charge is 1.97. The van der Waals surface area contributed by atoms with E-state index >= 15 is 0 Å². The molecule has 0 atom stereocenters. The zero-order chi connectivity index (χ0) is 9.80. The molecule has 1 heterocycles. The first kappa shape index (κ1) is 9.09. The Bertz CT molecular complexity index is 426. The van der Waals surface area contributed by atoms with Gasteiger partial charge in [0.05, 0.1) is 11.2 Å². The standard InChI is InChI=1S/C11H13N3/c1-12-7-6-10-8-9-4-2-3-5-11(9)14-13-10/h2-5,8,12H,6-7H2,1H3. The van der Waals surface area contributed by atoms with Crippen molar-refractivity contribution in [3.8, 4) is 0 Å². The molecule has 0 unspecified atom stereocenters. The molecule has 0 spiro atoms. The number of hydrogen-bond acceptors (Lipinski definition) is 3. The first-order valence-corrected chi connectivity index (χ1v) is 4.76. The molecule has 0 saturated heterocycles. The van der Waals surface area contributed by atoms with Gasteiger partial charge >= 0.3 is 0 Å². The molecule has 0 aliphatic carbocycles. The molecule has 0 aliphatic heterocycles. The molecular formula is C11H13N3. The second kappa shape index (κ2) is 4.15. The molecule has 1 N–H and O–H groups in total.